The van der Waals surface area contributed by atoms with Gasteiger partial charge in [-0.05, 0) is 23.1 Å². The summed E-state index contributed by atoms with van der Waals surface area (Å²) in [6.07, 6.45) is 2.00. The van der Waals surface area contributed by atoms with Gasteiger partial charge in [-0.15, -0.1) is 0 Å². The van der Waals surface area contributed by atoms with Crippen LogP contribution < -0.4 is 0 Å². The molecule has 4 aromatic rings. The van der Waals surface area contributed by atoms with Crippen molar-refractivity contribution < 1.29 is 19.1 Å². The summed E-state index contributed by atoms with van der Waals surface area (Å²) in [6, 6.07) is 28.5. The first-order chi connectivity index (χ1) is 16.7. The topological polar surface area (TPSA) is 81.3 Å². The molecule has 0 bridgehead atoms. The Hall–Kier alpha value is -4.19. The van der Waals surface area contributed by atoms with Crippen LogP contribution in [-0.2, 0) is 32.3 Å². The summed E-state index contributed by atoms with van der Waals surface area (Å²) in [4.78, 5) is 26.7. The van der Waals surface area contributed by atoms with Gasteiger partial charge in [-0.1, -0.05) is 91.0 Å². The van der Waals surface area contributed by atoms with Crippen molar-refractivity contribution in [3.05, 3.63) is 114 Å². The minimum Gasteiger partial charge on any atom is -0.460 e. The summed E-state index contributed by atoms with van der Waals surface area (Å²) >= 11 is 0. The molecule has 5 rings (SSSR count). The second-order valence-corrected chi connectivity index (χ2v) is 8.42. The molecule has 1 aromatic heterocycles. The lowest BCUT2D eigenvalue weighted by Crippen LogP contribution is -2.31. The Morgan fingerprint density at radius 1 is 0.794 bits per heavy atom. The zero-order chi connectivity index (χ0) is 23.4. The third-order valence-corrected chi connectivity index (χ3v) is 6.22. The summed E-state index contributed by atoms with van der Waals surface area (Å²) in [6.45, 7) is 0.189. The van der Waals surface area contributed by atoms with E-state index >= 15 is 0 Å². The minimum atomic E-state index is -1.39. The highest BCUT2D eigenvalue weighted by Gasteiger charge is 2.69. The third kappa shape index (κ3) is 4.22. The number of carbonyl (C=O) groups is 2. The number of hydrogen-bond acceptors (Lipinski definition) is 5. The highest BCUT2D eigenvalue weighted by atomic mass is 16.6. The molecule has 34 heavy (non-hydrogen) atoms. The van der Waals surface area contributed by atoms with Crippen LogP contribution in [0.4, 0.5) is 0 Å². The van der Waals surface area contributed by atoms with E-state index in [1.807, 2.05) is 91.0 Å². The number of rotatable bonds is 8. The Bertz CT molecular complexity index is 1210. The van der Waals surface area contributed by atoms with Crippen LogP contribution in [0.1, 0.15) is 29.0 Å². The van der Waals surface area contributed by atoms with Crippen molar-refractivity contribution in [2.45, 2.75) is 25.6 Å². The number of aromatic amines is 1. The zero-order valence-corrected chi connectivity index (χ0v) is 18.5. The molecule has 1 saturated carbocycles. The number of nitrogens with one attached hydrogen (secondary N) is 1. The molecule has 0 aliphatic heterocycles. The van der Waals surface area contributed by atoms with Gasteiger partial charge in [0.25, 0.3) is 0 Å². The highest BCUT2D eigenvalue weighted by Crippen LogP contribution is 2.62. The second kappa shape index (κ2) is 9.35. The van der Waals surface area contributed by atoms with Crippen molar-refractivity contribution in [2.75, 3.05) is 0 Å². The lowest BCUT2D eigenvalue weighted by atomic mass is 9.97. The van der Waals surface area contributed by atoms with E-state index in [-0.39, 0.29) is 19.1 Å². The predicted octanol–water partition coefficient (Wildman–Crippen LogP) is 5.04. The van der Waals surface area contributed by atoms with Gasteiger partial charge in [0.15, 0.2) is 5.41 Å². The van der Waals surface area contributed by atoms with Gasteiger partial charge in [0, 0.05) is 11.5 Å². The van der Waals surface area contributed by atoms with E-state index in [2.05, 4.69) is 10.2 Å². The predicted molar refractivity (Wildman–Crippen MR) is 126 cm³/mol. The van der Waals surface area contributed by atoms with Crippen molar-refractivity contribution in [3.63, 3.8) is 0 Å². The molecular weight excluding hydrogens is 428 g/mol. The molecule has 3 aromatic carbocycles. The van der Waals surface area contributed by atoms with Crippen molar-refractivity contribution >= 4 is 11.9 Å². The average molecular weight is 453 g/mol. The van der Waals surface area contributed by atoms with E-state index in [1.54, 1.807) is 6.20 Å². The Morgan fingerprint density at radius 2 is 1.29 bits per heavy atom. The average Bonchev–Trinajstić information content (AvgIpc) is 3.47. The van der Waals surface area contributed by atoms with Crippen molar-refractivity contribution in [1.82, 2.24) is 10.2 Å². The zero-order valence-electron chi connectivity index (χ0n) is 18.5. The Balaban J connectivity index is 1.40. The third-order valence-electron chi connectivity index (χ3n) is 6.22. The second-order valence-electron chi connectivity index (χ2n) is 8.42. The molecule has 0 saturated heterocycles. The van der Waals surface area contributed by atoms with E-state index in [1.165, 1.54) is 0 Å². The summed E-state index contributed by atoms with van der Waals surface area (Å²) < 4.78 is 11.3. The normalized spacial score (nSPS) is 15.9. The SMILES string of the molecule is O=C(OCc1ccccc1)C1(C(=O)OCc2ccccc2)CC1c1cn[nH]c1-c1ccccc1. The number of H-pyrrole nitrogens is 1. The van der Waals surface area contributed by atoms with Crippen LogP contribution in [0.3, 0.4) is 0 Å². The minimum absolute atomic E-state index is 0.0943. The van der Waals surface area contributed by atoms with Crippen molar-refractivity contribution in [1.29, 1.82) is 0 Å². The molecular formula is C28H24N2O4. The number of esters is 2. The molecule has 0 radical (unpaired) electrons. The summed E-state index contributed by atoms with van der Waals surface area (Å²) in [5.74, 6) is -1.52. The Kier molecular flexibility index (Phi) is 5.95. The number of ether oxygens (including phenoxy) is 2. The van der Waals surface area contributed by atoms with Gasteiger partial charge >= 0.3 is 11.9 Å². The van der Waals surface area contributed by atoms with Gasteiger partial charge in [-0.25, -0.2) is 0 Å². The fourth-order valence-corrected chi connectivity index (χ4v) is 4.27. The molecule has 1 N–H and O–H groups in total. The fraction of sp³-hybridized carbons (Fsp3) is 0.179. The van der Waals surface area contributed by atoms with Crippen LogP contribution in [0.5, 0.6) is 0 Å². The van der Waals surface area contributed by atoms with E-state index in [4.69, 9.17) is 9.47 Å². The van der Waals surface area contributed by atoms with E-state index in [9.17, 15) is 9.59 Å². The van der Waals surface area contributed by atoms with Gasteiger partial charge in [-0.2, -0.15) is 5.10 Å². The molecule has 0 spiro atoms. The first kappa shape index (κ1) is 21.6. The smallest absolute Gasteiger partial charge is 0.324 e. The van der Waals surface area contributed by atoms with Gasteiger partial charge in [0.05, 0.1) is 11.9 Å². The van der Waals surface area contributed by atoms with E-state index in [0.29, 0.717) is 6.42 Å². The number of nitrogens with zero attached hydrogens (tertiary/aromatic N) is 1. The number of carbonyl (C=O) groups excluding carboxylic acids is 2. The lowest BCUT2D eigenvalue weighted by Gasteiger charge is -2.16. The van der Waals surface area contributed by atoms with Gasteiger partial charge in [0.2, 0.25) is 0 Å². The molecule has 1 aliphatic rings. The molecule has 1 fully saturated rings. The lowest BCUT2D eigenvalue weighted by molar-refractivity contribution is -0.166. The quantitative estimate of drug-likeness (QED) is 0.299. The molecule has 1 aliphatic carbocycles. The highest BCUT2D eigenvalue weighted by molar-refractivity contribution is 6.05. The molecule has 6 heteroatoms. The van der Waals surface area contributed by atoms with Crippen LogP contribution >= 0.6 is 0 Å². The summed E-state index contributed by atoms with van der Waals surface area (Å²) in [5.41, 5.74) is 2.85. The van der Waals surface area contributed by atoms with Crippen LogP contribution in [-0.4, -0.2) is 22.1 Å². The first-order valence-corrected chi connectivity index (χ1v) is 11.2. The van der Waals surface area contributed by atoms with Gasteiger partial charge in [-0.3, -0.25) is 14.7 Å². The van der Waals surface area contributed by atoms with Crippen molar-refractivity contribution in [2.24, 2.45) is 5.41 Å². The maximum atomic E-state index is 13.4. The molecule has 1 atom stereocenters. The monoisotopic (exact) mass is 452 g/mol. The largest absolute Gasteiger partial charge is 0.460 e. The molecule has 0 amide bonds. The van der Waals surface area contributed by atoms with Crippen LogP contribution in [0.15, 0.2) is 97.2 Å². The van der Waals surface area contributed by atoms with Crippen LogP contribution in [0, 0.1) is 5.41 Å². The molecule has 1 unspecified atom stereocenters. The van der Waals surface area contributed by atoms with Crippen LogP contribution in [0.2, 0.25) is 0 Å². The number of aromatic nitrogens is 2. The number of hydrogen-bond donors (Lipinski definition) is 1. The molecule has 1 heterocycles. The summed E-state index contributed by atoms with van der Waals surface area (Å²) in [7, 11) is 0. The first-order valence-electron chi connectivity index (χ1n) is 11.2. The molecule has 6 nitrogen and oxygen atoms in total. The number of benzene rings is 3. The summed E-state index contributed by atoms with van der Waals surface area (Å²) in [5, 5.41) is 7.22. The Labute approximate surface area is 197 Å². The van der Waals surface area contributed by atoms with Gasteiger partial charge in [0.1, 0.15) is 13.2 Å². The van der Waals surface area contributed by atoms with E-state index < -0.39 is 17.4 Å². The maximum Gasteiger partial charge on any atom is 0.324 e. The standard InChI is InChI=1S/C28H24N2O4/c31-26(33-18-20-10-4-1-5-11-20)28(27(32)34-19-21-12-6-2-7-13-21)16-24(28)23-17-29-30-25(23)22-14-8-3-9-15-22/h1-15,17,24H,16,18-19H2,(H,29,30). The Morgan fingerprint density at radius 3 is 1.82 bits per heavy atom. The van der Waals surface area contributed by atoms with Crippen LogP contribution in [0.25, 0.3) is 11.3 Å². The molecule has 170 valence electrons. The van der Waals surface area contributed by atoms with Gasteiger partial charge < -0.3 is 9.47 Å². The maximum absolute atomic E-state index is 13.4. The fourth-order valence-electron chi connectivity index (χ4n) is 4.27. The van der Waals surface area contributed by atoms with Crippen molar-refractivity contribution in [3.8, 4) is 11.3 Å². The van der Waals surface area contributed by atoms with E-state index in [0.717, 1.165) is 27.9 Å².